The molecule has 0 bridgehead atoms. The highest BCUT2D eigenvalue weighted by Gasteiger charge is 2.07. The maximum absolute atomic E-state index is 11.1. The Bertz CT molecular complexity index is 299. The highest BCUT2D eigenvalue weighted by Crippen LogP contribution is 2.06. The Kier molecular flexibility index (Phi) is 5.78. The van der Waals surface area contributed by atoms with Crippen LogP contribution in [0, 0.1) is 0 Å². The standard InChI is InChI=1S/C12H22N2O2/c1-7-16-11(15)8-9(2)13-10(3)14-12(4,5)6/h8H,7H2,1-6H3,(H,13,14)/b9-8+. The van der Waals surface area contributed by atoms with Crippen molar-refractivity contribution in [2.45, 2.75) is 47.1 Å². The van der Waals surface area contributed by atoms with Crippen molar-refractivity contribution in [1.82, 2.24) is 5.32 Å². The van der Waals surface area contributed by atoms with Crippen LogP contribution in [0.3, 0.4) is 0 Å². The first-order valence-electron chi connectivity index (χ1n) is 5.43. The number of ether oxygens (including phenoxy) is 1. The van der Waals surface area contributed by atoms with Gasteiger partial charge in [-0.1, -0.05) is 0 Å². The van der Waals surface area contributed by atoms with Gasteiger partial charge in [0, 0.05) is 11.8 Å². The van der Waals surface area contributed by atoms with Crippen LogP contribution in [0.4, 0.5) is 0 Å². The summed E-state index contributed by atoms with van der Waals surface area (Å²) in [6, 6.07) is 0. The molecule has 0 amide bonds. The van der Waals surface area contributed by atoms with E-state index in [0.29, 0.717) is 6.61 Å². The molecule has 0 spiro atoms. The summed E-state index contributed by atoms with van der Waals surface area (Å²) < 4.78 is 4.80. The second-order valence-corrected chi connectivity index (χ2v) is 4.57. The molecular weight excluding hydrogens is 204 g/mol. The van der Waals surface area contributed by atoms with Crippen LogP contribution in [0.2, 0.25) is 0 Å². The summed E-state index contributed by atoms with van der Waals surface area (Å²) in [6.07, 6.45) is 1.42. The summed E-state index contributed by atoms with van der Waals surface area (Å²) in [7, 11) is 0. The van der Waals surface area contributed by atoms with Gasteiger partial charge in [0.05, 0.1) is 18.0 Å². The number of hydrogen-bond donors (Lipinski definition) is 1. The lowest BCUT2D eigenvalue weighted by Gasteiger charge is -2.15. The zero-order chi connectivity index (χ0) is 12.8. The fraction of sp³-hybridized carbons (Fsp3) is 0.667. The van der Waals surface area contributed by atoms with Crippen molar-refractivity contribution in [2.75, 3.05) is 6.61 Å². The Balaban J connectivity index is 4.40. The molecule has 0 aliphatic heterocycles. The average molecular weight is 226 g/mol. The molecule has 0 unspecified atom stereocenters. The number of nitrogens with zero attached hydrogens (tertiary/aromatic N) is 1. The zero-order valence-electron chi connectivity index (χ0n) is 11.0. The van der Waals surface area contributed by atoms with E-state index < -0.39 is 0 Å². The van der Waals surface area contributed by atoms with Crippen molar-refractivity contribution in [1.29, 1.82) is 0 Å². The minimum Gasteiger partial charge on any atom is -0.463 e. The van der Waals surface area contributed by atoms with Crippen LogP contribution in [-0.2, 0) is 9.53 Å². The molecule has 0 saturated heterocycles. The summed E-state index contributed by atoms with van der Waals surface area (Å²) in [5.41, 5.74) is 0.602. The average Bonchev–Trinajstić information content (AvgIpc) is 1.98. The van der Waals surface area contributed by atoms with Crippen molar-refractivity contribution in [3.05, 3.63) is 11.8 Å². The first-order valence-corrected chi connectivity index (χ1v) is 5.43. The number of carbonyl (C=O) groups is 1. The van der Waals surface area contributed by atoms with Gasteiger partial charge in [0.2, 0.25) is 0 Å². The van der Waals surface area contributed by atoms with Crippen LogP contribution >= 0.6 is 0 Å². The summed E-state index contributed by atoms with van der Waals surface area (Å²) in [6.45, 7) is 11.9. The highest BCUT2D eigenvalue weighted by molar-refractivity contribution is 5.86. The van der Waals surface area contributed by atoms with Gasteiger partial charge in [-0.2, -0.15) is 0 Å². The highest BCUT2D eigenvalue weighted by atomic mass is 16.5. The molecule has 0 aromatic carbocycles. The van der Waals surface area contributed by atoms with E-state index in [2.05, 4.69) is 10.3 Å². The normalized spacial score (nSPS) is 13.6. The van der Waals surface area contributed by atoms with Gasteiger partial charge in [-0.3, -0.25) is 4.99 Å². The number of aliphatic imine (C=N–C) groups is 1. The molecule has 0 aromatic rings. The molecule has 0 aliphatic carbocycles. The summed E-state index contributed by atoms with van der Waals surface area (Å²) >= 11 is 0. The minimum atomic E-state index is -0.337. The lowest BCUT2D eigenvalue weighted by Crippen LogP contribution is -2.24. The quantitative estimate of drug-likeness (QED) is 0.347. The van der Waals surface area contributed by atoms with E-state index in [4.69, 9.17) is 4.74 Å². The minimum absolute atomic E-state index is 0.124. The number of amidine groups is 1. The van der Waals surface area contributed by atoms with Crippen molar-refractivity contribution >= 4 is 11.8 Å². The first kappa shape index (κ1) is 14.7. The summed E-state index contributed by atoms with van der Waals surface area (Å²) in [5, 5.41) is 3.04. The Hall–Kier alpha value is -1.32. The van der Waals surface area contributed by atoms with E-state index in [1.54, 1.807) is 13.8 Å². The fourth-order valence-electron chi connectivity index (χ4n) is 1.21. The zero-order valence-corrected chi connectivity index (χ0v) is 11.0. The van der Waals surface area contributed by atoms with Crippen LogP contribution in [0.1, 0.15) is 41.5 Å². The van der Waals surface area contributed by atoms with Gasteiger partial charge in [-0.15, -0.1) is 0 Å². The largest absolute Gasteiger partial charge is 0.463 e. The molecular formula is C12H22N2O2. The lowest BCUT2D eigenvalue weighted by atomic mass is 10.1. The lowest BCUT2D eigenvalue weighted by molar-refractivity contribution is -0.137. The molecule has 0 fully saturated rings. The van der Waals surface area contributed by atoms with E-state index in [9.17, 15) is 4.79 Å². The summed E-state index contributed by atoms with van der Waals surface area (Å²) in [5.74, 6) is 0.446. The molecule has 92 valence electrons. The number of rotatable bonds is 3. The van der Waals surface area contributed by atoms with E-state index in [1.807, 2.05) is 27.7 Å². The monoisotopic (exact) mass is 226 g/mol. The Labute approximate surface area is 97.8 Å². The van der Waals surface area contributed by atoms with Gasteiger partial charge < -0.3 is 10.1 Å². The van der Waals surface area contributed by atoms with Gasteiger partial charge in [0.1, 0.15) is 0 Å². The molecule has 0 rings (SSSR count). The molecule has 0 saturated carbocycles. The number of allylic oxidation sites excluding steroid dienone is 1. The van der Waals surface area contributed by atoms with Crippen molar-refractivity contribution < 1.29 is 9.53 Å². The first-order chi connectivity index (χ1) is 7.24. The number of hydrogen-bond acceptors (Lipinski definition) is 3. The third-order valence-electron chi connectivity index (χ3n) is 1.50. The van der Waals surface area contributed by atoms with E-state index in [1.165, 1.54) is 6.08 Å². The van der Waals surface area contributed by atoms with Gasteiger partial charge in [0.15, 0.2) is 0 Å². The van der Waals surface area contributed by atoms with E-state index in [-0.39, 0.29) is 11.5 Å². The Morgan fingerprint density at radius 1 is 1.38 bits per heavy atom. The maximum atomic E-state index is 11.1. The van der Waals surface area contributed by atoms with Crippen LogP contribution < -0.4 is 5.32 Å². The van der Waals surface area contributed by atoms with Gasteiger partial charge in [-0.05, 0) is 41.5 Å². The maximum Gasteiger partial charge on any atom is 0.332 e. The molecule has 1 N–H and O–H groups in total. The number of carbonyl (C=O) groups excluding carboxylic acids is 1. The third kappa shape index (κ3) is 8.03. The predicted octanol–water partition coefficient (Wildman–Crippen LogP) is 2.26. The topological polar surface area (TPSA) is 50.7 Å². The van der Waals surface area contributed by atoms with Crippen molar-refractivity contribution in [3.8, 4) is 0 Å². The number of esters is 1. The van der Waals surface area contributed by atoms with Gasteiger partial charge >= 0.3 is 5.97 Å². The molecule has 0 aliphatic rings. The molecule has 0 heterocycles. The fourth-order valence-corrected chi connectivity index (χ4v) is 1.21. The van der Waals surface area contributed by atoms with Gasteiger partial charge in [0.25, 0.3) is 0 Å². The van der Waals surface area contributed by atoms with Crippen LogP contribution in [0.15, 0.2) is 16.8 Å². The van der Waals surface area contributed by atoms with E-state index in [0.717, 1.165) is 11.5 Å². The van der Waals surface area contributed by atoms with Crippen LogP contribution in [0.25, 0.3) is 0 Å². The van der Waals surface area contributed by atoms with Gasteiger partial charge in [-0.25, -0.2) is 4.79 Å². The second kappa shape index (κ2) is 6.30. The van der Waals surface area contributed by atoms with Crippen molar-refractivity contribution in [2.24, 2.45) is 4.99 Å². The van der Waals surface area contributed by atoms with E-state index >= 15 is 0 Å². The SMILES string of the molecule is CCOC(=O)/C=C(\C)NC(C)=NC(C)(C)C. The number of nitrogens with one attached hydrogen (secondary N) is 1. The Morgan fingerprint density at radius 2 is 1.94 bits per heavy atom. The van der Waals surface area contributed by atoms with Crippen LogP contribution in [-0.4, -0.2) is 24.0 Å². The molecule has 0 atom stereocenters. The molecule has 0 radical (unpaired) electrons. The molecule has 4 heteroatoms. The molecule has 4 nitrogen and oxygen atoms in total. The molecule has 16 heavy (non-hydrogen) atoms. The molecule has 0 aromatic heterocycles. The van der Waals surface area contributed by atoms with Crippen LogP contribution in [0.5, 0.6) is 0 Å². The second-order valence-electron chi connectivity index (χ2n) is 4.57. The van der Waals surface area contributed by atoms with Crippen molar-refractivity contribution in [3.63, 3.8) is 0 Å². The Morgan fingerprint density at radius 3 is 2.38 bits per heavy atom. The summed E-state index contributed by atoms with van der Waals surface area (Å²) in [4.78, 5) is 15.6. The third-order valence-corrected chi connectivity index (χ3v) is 1.50. The smallest absolute Gasteiger partial charge is 0.332 e. The predicted molar refractivity (Wildman–Crippen MR) is 66.4 cm³/mol.